The van der Waals surface area contributed by atoms with E-state index >= 15 is 0 Å². The highest BCUT2D eigenvalue weighted by Gasteiger charge is 2.20. The Labute approximate surface area is 121 Å². The van der Waals surface area contributed by atoms with E-state index in [0.717, 1.165) is 41.7 Å². The molecule has 0 saturated carbocycles. The van der Waals surface area contributed by atoms with E-state index in [9.17, 15) is 4.39 Å². The quantitative estimate of drug-likeness (QED) is 0.854. The zero-order chi connectivity index (χ0) is 14.5. The van der Waals surface area contributed by atoms with Crippen molar-refractivity contribution in [3.8, 4) is 0 Å². The SMILES string of the molecule is CN1CCc2[nH]c3cc(S(C)(C)C)c(F)cc3c2CC1. The molecule has 3 rings (SSSR count). The maximum absolute atomic E-state index is 14.4. The third-order valence-electron chi connectivity index (χ3n) is 4.19. The van der Waals surface area contributed by atoms with Crippen LogP contribution >= 0.6 is 10.0 Å². The molecule has 20 heavy (non-hydrogen) atoms. The second-order valence-corrected chi connectivity index (χ2v) is 10.7. The molecule has 1 aromatic carbocycles. The van der Waals surface area contributed by atoms with Crippen LogP contribution in [-0.4, -0.2) is 48.8 Å². The Morgan fingerprint density at radius 1 is 1.15 bits per heavy atom. The van der Waals surface area contributed by atoms with Gasteiger partial charge in [-0.05, 0) is 49.9 Å². The first kappa shape index (κ1) is 14.0. The third kappa shape index (κ3) is 2.35. The predicted molar refractivity (Wildman–Crippen MR) is 86.8 cm³/mol. The molecule has 2 heterocycles. The summed E-state index contributed by atoms with van der Waals surface area (Å²) >= 11 is 0. The van der Waals surface area contributed by atoms with E-state index in [-0.39, 0.29) is 5.82 Å². The van der Waals surface area contributed by atoms with E-state index in [1.165, 1.54) is 11.3 Å². The number of likely N-dealkylation sites (N-methyl/N-ethyl adjacent to an activating group) is 1. The van der Waals surface area contributed by atoms with Crippen LogP contribution in [0.3, 0.4) is 0 Å². The van der Waals surface area contributed by atoms with Crippen LogP contribution in [0.15, 0.2) is 17.0 Å². The molecule has 1 aromatic heterocycles. The van der Waals surface area contributed by atoms with Gasteiger partial charge in [-0.15, -0.1) is 0 Å². The molecular formula is C16H23FN2S. The Kier molecular flexibility index (Phi) is 3.33. The molecule has 0 radical (unpaired) electrons. The number of benzene rings is 1. The summed E-state index contributed by atoms with van der Waals surface area (Å²) in [4.78, 5) is 6.75. The average Bonchev–Trinajstić information content (AvgIpc) is 2.57. The molecular weight excluding hydrogens is 271 g/mol. The Morgan fingerprint density at radius 3 is 2.55 bits per heavy atom. The zero-order valence-corrected chi connectivity index (χ0v) is 13.5. The van der Waals surface area contributed by atoms with Crippen LogP contribution < -0.4 is 0 Å². The minimum Gasteiger partial charge on any atom is -0.358 e. The molecule has 1 aliphatic rings. The molecule has 0 spiro atoms. The summed E-state index contributed by atoms with van der Waals surface area (Å²) in [5.41, 5.74) is 3.72. The molecule has 110 valence electrons. The second kappa shape index (κ2) is 4.78. The lowest BCUT2D eigenvalue weighted by Crippen LogP contribution is -2.21. The van der Waals surface area contributed by atoms with Gasteiger partial charge in [0, 0.05) is 41.0 Å². The maximum Gasteiger partial charge on any atom is 0.136 e. The van der Waals surface area contributed by atoms with Gasteiger partial charge in [0.15, 0.2) is 0 Å². The van der Waals surface area contributed by atoms with Crippen molar-refractivity contribution in [1.82, 2.24) is 9.88 Å². The molecule has 0 unspecified atom stereocenters. The molecule has 1 aliphatic heterocycles. The van der Waals surface area contributed by atoms with Gasteiger partial charge in [-0.2, -0.15) is 0 Å². The fourth-order valence-corrected chi connectivity index (χ4v) is 4.11. The topological polar surface area (TPSA) is 19.0 Å². The predicted octanol–water partition coefficient (Wildman–Crippen LogP) is 3.39. The Hall–Kier alpha value is -1.00. The number of hydrogen-bond acceptors (Lipinski definition) is 1. The highest BCUT2D eigenvalue weighted by molar-refractivity contribution is 8.32. The van der Waals surface area contributed by atoms with Crippen LogP contribution in [0.4, 0.5) is 4.39 Å². The normalized spacial score (nSPS) is 18.1. The van der Waals surface area contributed by atoms with Crippen LogP contribution in [0.2, 0.25) is 0 Å². The van der Waals surface area contributed by atoms with Crippen molar-refractivity contribution < 1.29 is 4.39 Å². The van der Waals surface area contributed by atoms with Gasteiger partial charge >= 0.3 is 0 Å². The monoisotopic (exact) mass is 294 g/mol. The van der Waals surface area contributed by atoms with Gasteiger partial charge in [0.1, 0.15) is 5.82 Å². The van der Waals surface area contributed by atoms with E-state index < -0.39 is 10.0 Å². The van der Waals surface area contributed by atoms with E-state index in [0.29, 0.717) is 0 Å². The van der Waals surface area contributed by atoms with Gasteiger partial charge in [0.2, 0.25) is 0 Å². The molecule has 2 nitrogen and oxygen atoms in total. The summed E-state index contributed by atoms with van der Waals surface area (Å²) in [5, 5.41) is 1.08. The molecule has 0 saturated heterocycles. The van der Waals surface area contributed by atoms with Crippen molar-refractivity contribution in [1.29, 1.82) is 0 Å². The molecule has 4 heteroatoms. The highest BCUT2D eigenvalue weighted by Crippen LogP contribution is 2.47. The van der Waals surface area contributed by atoms with Crippen molar-refractivity contribution in [3.05, 3.63) is 29.2 Å². The molecule has 0 atom stereocenters. The largest absolute Gasteiger partial charge is 0.358 e. The van der Waals surface area contributed by atoms with E-state index in [1.807, 2.05) is 6.07 Å². The number of halogens is 1. The number of fused-ring (bicyclic) bond motifs is 3. The summed E-state index contributed by atoms with van der Waals surface area (Å²) in [6, 6.07) is 3.79. The van der Waals surface area contributed by atoms with Crippen LogP contribution in [0, 0.1) is 5.82 Å². The lowest BCUT2D eigenvalue weighted by Gasteiger charge is -2.26. The van der Waals surface area contributed by atoms with E-state index in [1.54, 1.807) is 6.07 Å². The Morgan fingerprint density at radius 2 is 1.85 bits per heavy atom. The second-order valence-electron chi connectivity index (χ2n) is 6.55. The highest BCUT2D eigenvalue weighted by atomic mass is 32.3. The van der Waals surface area contributed by atoms with Gasteiger partial charge in [-0.1, -0.05) is 0 Å². The third-order valence-corrected chi connectivity index (χ3v) is 5.83. The molecule has 1 N–H and O–H groups in total. The summed E-state index contributed by atoms with van der Waals surface area (Å²) in [6.07, 6.45) is 8.45. The average molecular weight is 294 g/mol. The summed E-state index contributed by atoms with van der Waals surface area (Å²) in [6.45, 7) is 2.12. The van der Waals surface area contributed by atoms with Crippen molar-refractivity contribution >= 4 is 20.9 Å². The first-order chi connectivity index (χ1) is 9.36. The fourth-order valence-electron chi connectivity index (χ4n) is 2.99. The van der Waals surface area contributed by atoms with Crippen molar-refractivity contribution in [2.45, 2.75) is 17.7 Å². The molecule has 0 fully saturated rings. The number of aromatic nitrogens is 1. The minimum absolute atomic E-state index is 0.0422. The van der Waals surface area contributed by atoms with Crippen LogP contribution in [-0.2, 0) is 12.8 Å². The molecule has 2 aromatic rings. The van der Waals surface area contributed by atoms with Crippen LogP contribution in [0.5, 0.6) is 0 Å². The summed E-state index contributed by atoms with van der Waals surface area (Å²) in [5.74, 6) is -0.0422. The zero-order valence-electron chi connectivity index (χ0n) is 12.7. The van der Waals surface area contributed by atoms with Crippen molar-refractivity contribution in [3.63, 3.8) is 0 Å². The van der Waals surface area contributed by atoms with Crippen molar-refractivity contribution in [2.24, 2.45) is 0 Å². The van der Waals surface area contributed by atoms with Crippen LogP contribution in [0.25, 0.3) is 10.9 Å². The molecule has 0 amide bonds. The Balaban J connectivity index is 2.16. The fraction of sp³-hybridized carbons (Fsp3) is 0.500. The van der Waals surface area contributed by atoms with Gasteiger partial charge in [-0.3, -0.25) is 0 Å². The van der Waals surface area contributed by atoms with E-state index in [4.69, 9.17) is 0 Å². The van der Waals surface area contributed by atoms with Crippen LogP contribution in [0.1, 0.15) is 11.3 Å². The first-order valence-electron chi connectivity index (χ1n) is 7.06. The first-order valence-corrected chi connectivity index (χ1v) is 9.92. The number of H-pyrrole nitrogens is 1. The number of aromatic amines is 1. The lowest BCUT2D eigenvalue weighted by molar-refractivity contribution is 0.352. The number of hydrogen-bond donors (Lipinski definition) is 1. The van der Waals surface area contributed by atoms with Crippen molar-refractivity contribution in [2.75, 3.05) is 38.9 Å². The van der Waals surface area contributed by atoms with Gasteiger partial charge in [0.05, 0.1) is 0 Å². The van der Waals surface area contributed by atoms with Gasteiger partial charge in [0.25, 0.3) is 0 Å². The lowest BCUT2D eigenvalue weighted by atomic mass is 10.1. The smallest absolute Gasteiger partial charge is 0.136 e. The maximum atomic E-state index is 14.4. The molecule has 0 aliphatic carbocycles. The van der Waals surface area contributed by atoms with E-state index in [2.05, 4.69) is 35.7 Å². The van der Waals surface area contributed by atoms with Gasteiger partial charge in [-0.25, -0.2) is 14.4 Å². The summed E-state index contributed by atoms with van der Waals surface area (Å²) in [7, 11) is 1.10. The summed E-state index contributed by atoms with van der Waals surface area (Å²) < 4.78 is 14.4. The standard InChI is InChI=1S/C16H23FN2S/c1-19-7-5-11-12-9-13(17)16(20(2,3)4)10-15(12)18-14(11)6-8-19/h9-10,18H,5-8H2,1-4H3. The van der Waals surface area contributed by atoms with Gasteiger partial charge < -0.3 is 9.88 Å². The Bertz CT molecular complexity index is 655. The number of nitrogens with one attached hydrogen (secondary N) is 1. The number of rotatable bonds is 1. The molecule has 0 bridgehead atoms. The minimum atomic E-state index is -1.05. The number of nitrogens with zero attached hydrogens (tertiary/aromatic N) is 1.